The van der Waals surface area contributed by atoms with Crippen LogP contribution < -0.4 is 9.79 Å². The predicted octanol–water partition coefficient (Wildman–Crippen LogP) is 1.84. The molecule has 0 radical (unpaired) electrons. The second kappa shape index (κ2) is 8.32. The van der Waals surface area contributed by atoms with E-state index >= 15 is 0 Å². The summed E-state index contributed by atoms with van der Waals surface area (Å²) in [7, 11) is -4.86. The van der Waals surface area contributed by atoms with E-state index in [9.17, 15) is 19.1 Å². The van der Waals surface area contributed by atoms with Gasteiger partial charge in [0.15, 0.2) is 5.78 Å². The molecule has 0 N–H and O–H groups in total. The van der Waals surface area contributed by atoms with Gasteiger partial charge >= 0.3 is 0 Å². The lowest BCUT2D eigenvalue weighted by atomic mass is 10.0. The van der Waals surface area contributed by atoms with E-state index in [0.717, 1.165) is 18.4 Å². The van der Waals surface area contributed by atoms with E-state index < -0.39 is 7.82 Å². The van der Waals surface area contributed by atoms with Gasteiger partial charge in [-0.1, -0.05) is 37.6 Å². The van der Waals surface area contributed by atoms with Gasteiger partial charge in [0, 0.05) is 12.0 Å². The van der Waals surface area contributed by atoms with Gasteiger partial charge in [-0.25, -0.2) is 0 Å². The van der Waals surface area contributed by atoms with Crippen molar-refractivity contribution in [2.24, 2.45) is 0 Å². The van der Waals surface area contributed by atoms with Crippen LogP contribution in [0.4, 0.5) is 0 Å². The molecule has 112 valence electrons. The number of unbranched alkanes of at least 4 members (excludes halogenated alkanes) is 1. The average molecular weight is 298 g/mol. The van der Waals surface area contributed by atoms with Crippen molar-refractivity contribution in [2.45, 2.75) is 39.0 Å². The number of ketones is 1. The molecule has 0 amide bonds. The van der Waals surface area contributed by atoms with E-state index in [1.807, 2.05) is 19.1 Å². The Balaban J connectivity index is 2.39. The maximum Gasteiger partial charge on any atom is 0.162 e. The first kappa shape index (κ1) is 17.1. The molecular weight excluding hydrogens is 279 g/mol. The molecule has 1 rings (SSSR count). The van der Waals surface area contributed by atoms with Gasteiger partial charge in [-0.15, -0.1) is 0 Å². The highest BCUT2D eigenvalue weighted by Crippen LogP contribution is 2.24. The molecule has 5 nitrogen and oxygen atoms in total. The summed E-state index contributed by atoms with van der Waals surface area (Å²) < 4.78 is 14.4. The van der Waals surface area contributed by atoms with Crippen molar-refractivity contribution in [1.29, 1.82) is 0 Å². The van der Waals surface area contributed by atoms with Crippen LogP contribution >= 0.6 is 7.82 Å². The predicted molar refractivity (Wildman–Crippen MR) is 72.2 cm³/mol. The van der Waals surface area contributed by atoms with Gasteiger partial charge in [0.2, 0.25) is 0 Å². The van der Waals surface area contributed by atoms with Gasteiger partial charge < -0.3 is 18.9 Å². The Kier molecular flexibility index (Phi) is 7.10. The third-order valence-corrected chi connectivity index (χ3v) is 3.39. The Morgan fingerprint density at radius 3 is 2.40 bits per heavy atom. The molecule has 0 saturated carbocycles. The minimum absolute atomic E-state index is 0.110. The number of aryl methyl sites for hydroxylation is 1. The lowest BCUT2D eigenvalue weighted by molar-refractivity contribution is -0.341. The molecule has 0 aliphatic carbocycles. The highest BCUT2D eigenvalue weighted by molar-refractivity contribution is 7.43. The third-order valence-electron chi connectivity index (χ3n) is 2.89. The summed E-state index contributed by atoms with van der Waals surface area (Å²) in [5.41, 5.74) is 1.68. The topological polar surface area (TPSA) is 89.5 Å². The van der Waals surface area contributed by atoms with Gasteiger partial charge in [-0.05, 0) is 24.8 Å². The number of rotatable bonds is 9. The van der Waals surface area contributed by atoms with Crippen molar-refractivity contribution in [2.75, 3.05) is 6.61 Å². The Labute approximate surface area is 119 Å². The number of Topliss-reactive ketones (excluding diaryl/α,β-unsaturated/α-hetero) is 1. The lowest BCUT2D eigenvalue weighted by Crippen LogP contribution is -2.16. The van der Waals surface area contributed by atoms with E-state index in [-0.39, 0.29) is 12.4 Å². The zero-order valence-corrected chi connectivity index (χ0v) is 12.4. The monoisotopic (exact) mass is 298 g/mol. The first-order chi connectivity index (χ1) is 9.42. The number of carbonyl (C=O) groups excluding carboxylic acids is 1. The highest BCUT2D eigenvalue weighted by atomic mass is 31.2. The molecule has 0 fully saturated rings. The molecule has 0 atom stereocenters. The number of phosphoric ester groups is 1. The van der Waals surface area contributed by atoms with Crippen molar-refractivity contribution < 1.29 is 23.7 Å². The normalized spacial score (nSPS) is 11.6. The molecule has 0 saturated heterocycles. The van der Waals surface area contributed by atoms with E-state index in [4.69, 9.17) is 0 Å². The SMILES string of the molecule is CCCCC(=O)c1ccc(CCCOP(=O)([O-])[O-])cc1. The molecule has 0 spiro atoms. The first-order valence-corrected chi connectivity index (χ1v) is 8.17. The fourth-order valence-corrected chi connectivity index (χ4v) is 2.14. The molecule has 0 heterocycles. The van der Waals surface area contributed by atoms with Crippen LogP contribution in [-0.4, -0.2) is 12.4 Å². The van der Waals surface area contributed by atoms with Crippen molar-refractivity contribution in [3.63, 3.8) is 0 Å². The largest absolute Gasteiger partial charge is 0.790 e. The van der Waals surface area contributed by atoms with Crippen molar-refractivity contribution in [3.8, 4) is 0 Å². The van der Waals surface area contributed by atoms with Crippen molar-refractivity contribution in [1.82, 2.24) is 0 Å². The average Bonchev–Trinajstić information content (AvgIpc) is 2.40. The molecule has 0 unspecified atom stereocenters. The Morgan fingerprint density at radius 2 is 1.85 bits per heavy atom. The highest BCUT2D eigenvalue weighted by Gasteiger charge is 2.04. The summed E-state index contributed by atoms with van der Waals surface area (Å²) in [5.74, 6) is 0.139. The molecule has 1 aromatic rings. The minimum Gasteiger partial charge on any atom is -0.790 e. The smallest absolute Gasteiger partial charge is 0.162 e. The first-order valence-electron chi connectivity index (χ1n) is 6.71. The van der Waals surface area contributed by atoms with Crippen LogP contribution in [0.25, 0.3) is 0 Å². The minimum atomic E-state index is -4.86. The van der Waals surface area contributed by atoms with Gasteiger partial charge in [-0.2, -0.15) is 0 Å². The van der Waals surface area contributed by atoms with E-state index in [0.29, 0.717) is 24.8 Å². The van der Waals surface area contributed by atoms with Crippen LogP contribution in [0.1, 0.15) is 48.5 Å². The Bertz CT molecular complexity index is 463. The summed E-state index contributed by atoms with van der Waals surface area (Å²) in [6, 6.07) is 7.24. The van der Waals surface area contributed by atoms with E-state index in [1.165, 1.54) is 0 Å². The summed E-state index contributed by atoms with van der Waals surface area (Å²) in [4.78, 5) is 32.3. The fraction of sp³-hybridized carbons (Fsp3) is 0.500. The van der Waals surface area contributed by atoms with Gasteiger partial charge in [0.1, 0.15) is 0 Å². The molecular formula is C14H19O5P-2. The van der Waals surface area contributed by atoms with Crippen LogP contribution in [0.3, 0.4) is 0 Å². The van der Waals surface area contributed by atoms with Crippen LogP contribution in [0.5, 0.6) is 0 Å². The van der Waals surface area contributed by atoms with Crippen molar-refractivity contribution >= 4 is 13.6 Å². The number of phosphoric acid groups is 1. The van der Waals surface area contributed by atoms with Crippen LogP contribution in [0, 0.1) is 0 Å². The number of hydrogen-bond acceptors (Lipinski definition) is 5. The summed E-state index contributed by atoms with van der Waals surface area (Å²) in [6.45, 7) is 1.93. The van der Waals surface area contributed by atoms with Crippen LogP contribution in [0.2, 0.25) is 0 Å². The quantitative estimate of drug-likeness (QED) is 0.394. The van der Waals surface area contributed by atoms with E-state index in [1.54, 1.807) is 12.1 Å². The van der Waals surface area contributed by atoms with E-state index in [2.05, 4.69) is 4.52 Å². The lowest BCUT2D eigenvalue weighted by Gasteiger charge is -2.28. The summed E-state index contributed by atoms with van der Waals surface area (Å²) in [5, 5.41) is 0. The van der Waals surface area contributed by atoms with Crippen molar-refractivity contribution in [3.05, 3.63) is 35.4 Å². The molecule has 6 heteroatoms. The molecule has 0 aromatic heterocycles. The maximum atomic E-state index is 11.8. The molecule has 1 aromatic carbocycles. The number of hydrogen-bond donors (Lipinski definition) is 0. The zero-order valence-electron chi connectivity index (χ0n) is 11.5. The zero-order chi connectivity index (χ0) is 15.0. The summed E-state index contributed by atoms with van der Waals surface area (Å²) in [6.07, 6.45) is 3.49. The fourth-order valence-electron chi connectivity index (χ4n) is 1.79. The second-order valence-corrected chi connectivity index (χ2v) is 5.76. The molecule has 0 aliphatic heterocycles. The van der Waals surface area contributed by atoms with Crippen LogP contribution in [0.15, 0.2) is 24.3 Å². The standard InChI is InChI=1S/C14H21O5P/c1-2-3-6-14(15)13-9-7-12(8-10-13)5-4-11-19-20(16,17)18/h7-10H,2-6,11H2,1H3,(H2,16,17,18)/p-2. The van der Waals surface area contributed by atoms with Crippen LogP contribution in [-0.2, 0) is 15.5 Å². The molecule has 0 aliphatic rings. The van der Waals surface area contributed by atoms with Gasteiger partial charge in [0.05, 0.1) is 14.4 Å². The summed E-state index contributed by atoms with van der Waals surface area (Å²) >= 11 is 0. The molecule has 20 heavy (non-hydrogen) atoms. The third kappa shape index (κ3) is 6.96. The second-order valence-electron chi connectivity index (χ2n) is 4.61. The Morgan fingerprint density at radius 1 is 1.20 bits per heavy atom. The number of benzene rings is 1. The van der Waals surface area contributed by atoms with Gasteiger partial charge in [-0.3, -0.25) is 4.79 Å². The molecule has 0 bridgehead atoms. The maximum absolute atomic E-state index is 11.8. The van der Waals surface area contributed by atoms with Gasteiger partial charge in [0.25, 0.3) is 0 Å². The Hall–Kier alpha value is -1.00. The number of carbonyl (C=O) groups is 1.